The van der Waals surface area contributed by atoms with Gasteiger partial charge in [-0.25, -0.2) is 4.99 Å². The molecule has 0 N–H and O–H groups in total. The van der Waals surface area contributed by atoms with Crippen LogP contribution in [0.1, 0.15) is 16.7 Å². The van der Waals surface area contributed by atoms with Gasteiger partial charge in [0, 0.05) is 28.7 Å². The quantitative estimate of drug-likeness (QED) is 0.264. The van der Waals surface area contributed by atoms with E-state index in [0.29, 0.717) is 40.6 Å². The predicted octanol–water partition coefficient (Wildman–Crippen LogP) is 8.01. The van der Waals surface area contributed by atoms with Crippen molar-refractivity contribution in [2.75, 3.05) is 6.61 Å². The molecule has 0 spiro atoms. The zero-order chi connectivity index (χ0) is 24.4. The number of nitrogens with zero attached hydrogens (tertiary/aromatic N) is 1. The highest BCUT2D eigenvalue weighted by Crippen LogP contribution is 2.46. The minimum absolute atomic E-state index is 0.290. The number of halogens is 4. The van der Waals surface area contributed by atoms with Gasteiger partial charge in [0.1, 0.15) is 11.5 Å². The Kier molecular flexibility index (Phi) is 6.22. The van der Waals surface area contributed by atoms with Crippen molar-refractivity contribution in [1.82, 2.24) is 0 Å². The first-order valence-electron chi connectivity index (χ1n) is 10.9. The van der Waals surface area contributed by atoms with Gasteiger partial charge < -0.3 is 9.47 Å². The van der Waals surface area contributed by atoms with Crippen molar-refractivity contribution in [3.8, 4) is 22.6 Å². The molecule has 0 saturated heterocycles. The van der Waals surface area contributed by atoms with Gasteiger partial charge in [-0.1, -0.05) is 84.4 Å². The summed E-state index contributed by atoms with van der Waals surface area (Å²) in [5, 5.41) is 0.502. The molecule has 1 aliphatic heterocycles. The first-order valence-corrected chi connectivity index (χ1v) is 11.3. The van der Waals surface area contributed by atoms with Crippen LogP contribution in [-0.4, -0.2) is 18.7 Å². The number of alkyl halides is 3. The highest BCUT2D eigenvalue weighted by Gasteiger charge is 2.31. The second-order valence-corrected chi connectivity index (χ2v) is 8.31. The van der Waals surface area contributed by atoms with E-state index in [9.17, 15) is 13.2 Å². The lowest BCUT2D eigenvalue weighted by Gasteiger charge is -2.14. The molecule has 1 aliphatic rings. The average Bonchev–Trinajstić information content (AvgIpc) is 3.35. The van der Waals surface area contributed by atoms with Gasteiger partial charge in [-0.3, -0.25) is 0 Å². The zero-order valence-electron chi connectivity index (χ0n) is 18.4. The van der Waals surface area contributed by atoms with Gasteiger partial charge in [-0.15, -0.1) is 13.2 Å². The Morgan fingerprint density at radius 1 is 0.857 bits per heavy atom. The van der Waals surface area contributed by atoms with Crippen molar-refractivity contribution < 1.29 is 22.6 Å². The summed E-state index contributed by atoms with van der Waals surface area (Å²) in [6, 6.07) is 27.1. The number of ether oxygens (including phenoxy) is 2. The molecule has 4 aromatic carbocycles. The second kappa shape index (κ2) is 9.47. The molecule has 0 atom stereocenters. The van der Waals surface area contributed by atoms with Gasteiger partial charge in [-0.05, 0) is 23.8 Å². The smallest absolute Gasteiger partial charge is 0.492 e. The molecule has 0 aromatic heterocycles. The fraction of sp³-hybridized carbons (Fsp3) is 0.107. The normalized spacial score (nSPS) is 12.6. The Morgan fingerprint density at radius 3 is 2.03 bits per heavy atom. The standard InChI is InChI=1S/C28H19ClF3NO2/c29-25-22-15-16-34-27(22)23(18-11-13-21(14-12-18)35-28(30,31)32)17-24(25)33-26(19-7-3-1-4-8-19)20-9-5-2-6-10-20/h1-14,17H,15-16H2. The van der Waals surface area contributed by atoms with Crippen LogP contribution in [0.15, 0.2) is 96.0 Å². The van der Waals surface area contributed by atoms with E-state index in [0.717, 1.165) is 22.4 Å². The van der Waals surface area contributed by atoms with Crippen molar-refractivity contribution in [1.29, 1.82) is 0 Å². The van der Waals surface area contributed by atoms with E-state index in [1.807, 2.05) is 66.7 Å². The topological polar surface area (TPSA) is 30.8 Å². The Balaban J connectivity index is 1.64. The summed E-state index contributed by atoms with van der Waals surface area (Å²) in [6.45, 7) is 0.467. The van der Waals surface area contributed by atoms with Crippen molar-refractivity contribution in [2.45, 2.75) is 12.8 Å². The monoisotopic (exact) mass is 493 g/mol. The van der Waals surface area contributed by atoms with E-state index >= 15 is 0 Å². The van der Waals surface area contributed by atoms with Crippen LogP contribution in [0.25, 0.3) is 11.1 Å². The van der Waals surface area contributed by atoms with E-state index in [2.05, 4.69) is 4.74 Å². The van der Waals surface area contributed by atoms with Crippen molar-refractivity contribution >= 4 is 23.0 Å². The molecule has 1 heterocycles. The molecule has 0 amide bonds. The van der Waals surface area contributed by atoms with Gasteiger partial charge in [0.25, 0.3) is 0 Å². The minimum Gasteiger partial charge on any atom is -0.492 e. The lowest BCUT2D eigenvalue weighted by atomic mass is 9.99. The van der Waals surface area contributed by atoms with Crippen LogP contribution in [0.4, 0.5) is 18.9 Å². The number of hydrogen-bond acceptors (Lipinski definition) is 3. The van der Waals surface area contributed by atoms with Crippen LogP contribution in [-0.2, 0) is 6.42 Å². The molecular weight excluding hydrogens is 475 g/mol. The predicted molar refractivity (Wildman–Crippen MR) is 131 cm³/mol. The maximum Gasteiger partial charge on any atom is 0.573 e. The molecule has 3 nitrogen and oxygen atoms in total. The van der Waals surface area contributed by atoms with Gasteiger partial charge in [0.15, 0.2) is 0 Å². The Labute approximate surface area is 205 Å². The molecule has 5 rings (SSSR count). The van der Waals surface area contributed by atoms with Crippen LogP contribution >= 0.6 is 11.6 Å². The summed E-state index contributed by atoms with van der Waals surface area (Å²) in [6.07, 6.45) is -4.13. The van der Waals surface area contributed by atoms with Gasteiger partial charge in [0.2, 0.25) is 0 Å². The van der Waals surface area contributed by atoms with E-state index < -0.39 is 6.36 Å². The molecule has 4 aromatic rings. The first-order chi connectivity index (χ1) is 16.9. The molecular formula is C28H19ClF3NO2. The molecule has 0 bridgehead atoms. The van der Waals surface area contributed by atoms with E-state index in [1.54, 1.807) is 12.1 Å². The minimum atomic E-state index is -4.75. The molecule has 0 radical (unpaired) electrons. The SMILES string of the molecule is FC(F)(F)Oc1ccc(-c2cc(N=C(c3ccccc3)c3ccccc3)c(Cl)c3c2OCC3)cc1. The largest absolute Gasteiger partial charge is 0.573 e. The maximum absolute atomic E-state index is 12.6. The third-order valence-corrected chi connectivity index (χ3v) is 6.04. The summed E-state index contributed by atoms with van der Waals surface area (Å²) in [7, 11) is 0. The molecule has 176 valence electrons. The summed E-state index contributed by atoms with van der Waals surface area (Å²) >= 11 is 6.80. The first kappa shape index (κ1) is 23.0. The summed E-state index contributed by atoms with van der Waals surface area (Å²) in [4.78, 5) is 4.98. The lowest BCUT2D eigenvalue weighted by Crippen LogP contribution is -2.16. The Hall–Kier alpha value is -3.77. The number of fused-ring (bicyclic) bond motifs is 1. The third-order valence-electron chi connectivity index (χ3n) is 5.61. The second-order valence-electron chi connectivity index (χ2n) is 7.93. The zero-order valence-corrected chi connectivity index (χ0v) is 19.1. The van der Waals surface area contributed by atoms with Crippen molar-refractivity contribution in [3.05, 3.63) is 113 Å². The lowest BCUT2D eigenvalue weighted by molar-refractivity contribution is -0.274. The van der Waals surface area contributed by atoms with Crippen LogP contribution in [0.2, 0.25) is 5.02 Å². The maximum atomic E-state index is 12.6. The molecule has 0 aliphatic carbocycles. The van der Waals surface area contributed by atoms with Gasteiger partial charge in [-0.2, -0.15) is 0 Å². The summed E-state index contributed by atoms with van der Waals surface area (Å²) in [5.41, 5.74) is 5.39. The van der Waals surface area contributed by atoms with Crippen LogP contribution in [0, 0.1) is 0 Å². The number of benzene rings is 4. The highest BCUT2D eigenvalue weighted by molar-refractivity contribution is 6.34. The van der Waals surface area contributed by atoms with E-state index in [1.165, 1.54) is 12.1 Å². The summed E-state index contributed by atoms with van der Waals surface area (Å²) in [5.74, 6) is 0.334. The van der Waals surface area contributed by atoms with Crippen molar-refractivity contribution in [2.24, 2.45) is 4.99 Å². The Bertz CT molecular complexity index is 1330. The van der Waals surface area contributed by atoms with Crippen LogP contribution in [0.5, 0.6) is 11.5 Å². The fourth-order valence-corrected chi connectivity index (χ4v) is 4.34. The van der Waals surface area contributed by atoms with Gasteiger partial charge in [0.05, 0.1) is 23.0 Å². The molecule has 0 saturated carbocycles. The fourth-order valence-electron chi connectivity index (χ4n) is 4.07. The molecule has 35 heavy (non-hydrogen) atoms. The Morgan fingerprint density at radius 2 is 1.46 bits per heavy atom. The van der Waals surface area contributed by atoms with Crippen molar-refractivity contribution in [3.63, 3.8) is 0 Å². The molecule has 0 fully saturated rings. The van der Waals surface area contributed by atoms with Crippen LogP contribution in [0.3, 0.4) is 0 Å². The third kappa shape index (κ3) is 5.03. The van der Waals surface area contributed by atoms with E-state index in [-0.39, 0.29) is 5.75 Å². The summed E-state index contributed by atoms with van der Waals surface area (Å²) < 4.78 is 47.6. The average molecular weight is 494 g/mol. The van der Waals surface area contributed by atoms with Crippen LogP contribution < -0.4 is 9.47 Å². The highest BCUT2D eigenvalue weighted by atomic mass is 35.5. The van der Waals surface area contributed by atoms with E-state index in [4.69, 9.17) is 21.3 Å². The number of hydrogen-bond donors (Lipinski definition) is 0. The molecule has 7 heteroatoms. The van der Waals surface area contributed by atoms with Gasteiger partial charge >= 0.3 is 6.36 Å². The molecule has 0 unspecified atom stereocenters. The number of aliphatic imine (C=N–C) groups is 1. The number of rotatable bonds is 5.